The Labute approximate surface area is 169 Å². The lowest BCUT2D eigenvalue weighted by atomic mass is 10.0. The molecule has 0 fully saturated rings. The SMILES string of the molecule is O=C(COc1ccccc1-c1ccccc1)N[C@@H](c1ccccc1)c1ccco1. The third-order valence-electron chi connectivity index (χ3n) is 4.60. The highest BCUT2D eigenvalue weighted by molar-refractivity contribution is 5.79. The van der Waals surface area contributed by atoms with Crippen molar-refractivity contribution in [2.45, 2.75) is 6.04 Å². The second kappa shape index (κ2) is 8.93. The summed E-state index contributed by atoms with van der Waals surface area (Å²) in [6.07, 6.45) is 1.60. The minimum absolute atomic E-state index is 0.0894. The van der Waals surface area contributed by atoms with Crippen molar-refractivity contribution in [3.63, 3.8) is 0 Å². The minimum atomic E-state index is -0.369. The van der Waals surface area contributed by atoms with E-state index in [1.54, 1.807) is 6.26 Å². The number of carbonyl (C=O) groups is 1. The predicted molar refractivity (Wildman–Crippen MR) is 113 cm³/mol. The zero-order chi connectivity index (χ0) is 19.9. The first-order valence-electron chi connectivity index (χ1n) is 9.46. The Balaban J connectivity index is 1.48. The van der Waals surface area contributed by atoms with Gasteiger partial charge in [-0.15, -0.1) is 0 Å². The second-order valence-corrected chi connectivity index (χ2v) is 6.58. The lowest BCUT2D eigenvalue weighted by molar-refractivity contribution is -0.123. The molecule has 29 heavy (non-hydrogen) atoms. The van der Waals surface area contributed by atoms with Crippen molar-refractivity contribution in [2.24, 2.45) is 0 Å². The molecule has 0 aliphatic carbocycles. The summed E-state index contributed by atoms with van der Waals surface area (Å²) in [4.78, 5) is 12.7. The molecule has 4 heteroatoms. The Morgan fingerprint density at radius 1 is 0.828 bits per heavy atom. The molecule has 0 bridgehead atoms. The Morgan fingerprint density at radius 3 is 2.24 bits per heavy atom. The van der Waals surface area contributed by atoms with Gasteiger partial charge < -0.3 is 14.5 Å². The topological polar surface area (TPSA) is 51.5 Å². The number of hydrogen-bond donors (Lipinski definition) is 1. The van der Waals surface area contributed by atoms with Crippen molar-refractivity contribution < 1.29 is 13.9 Å². The average molecular weight is 383 g/mol. The van der Waals surface area contributed by atoms with E-state index in [4.69, 9.17) is 9.15 Å². The third kappa shape index (κ3) is 4.55. The fourth-order valence-corrected chi connectivity index (χ4v) is 3.21. The highest BCUT2D eigenvalue weighted by Crippen LogP contribution is 2.29. The van der Waals surface area contributed by atoms with Crippen molar-refractivity contribution in [2.75, 3.05) is 6.61 Å². The van der Waals surface area contributed by atoms with Crippen LogP contribution in [0.5, 0.6) is 5.75 Å². The largest absolute Gasteiger partial charge is 0.483 e. The summed E-state index contributed by atoms with van der Waals surface area (Å²) in [5, 5.41) is 3.01. The van der Waals surface area contributed by atoms with Gasteiger partial charge in [-0.05, 0) is 29.3 Å². The molecule has 1 N–H and O–H groups in total. The van der Waals surface area contributed by atoms with Gasteiger partial charge in [0.05, 0.1) is 6.26 Å². The molecule has 0 saturated heterocycles. The summed E-state index contributed by atoms with van der Waals surface area (Å²) in [5.41, 5.74) is 2.94. The van der Waals surface area contributed by atoms with Gasteiger partial charge >= 0.3 is 0 Å². The van der Waals surface area contributed by atoms with E-state index >= 15 is 0 Å². The first-order chi connectivity index (χ1) is 14.3. The smallest absolute Gasteiger partial charge is 0.258 e. The molecule has 3 aromatic carbocycles. The molecule has 144 valence electrons. The average Bonchev–Trinajstić information content (AvgIpc) is 3.32. The van der Waals surface area contributed by atoms with E-state index in [1.807, 2.05) is 97.1 Å². The maximum atomic E-state index is 12.7. The highest BCUT2D eigenvalue weighted by atomic mass is 16.5. The number of carbonyl (C=O) groups excluding carboxylic acids is 1. The molecule has 4 rings (SSSR count). The summed E-state index contributed by atoms with van der Waals surface area (Å²) in [6, 6.07) is 30.7. The summed E-state index contributed by atoms with van der Waals surface area (Å²) in [6.45, 7) is -0.0894. The lowest BCUT2D eigenvalue weighted by Gasteiger charge is -2.18. The van der Waals surface area contributed by atoms with E-state index in [-0.39, 0.29) is 18.6 Å². The number of furan rings is 1. The normalized spacial score (nSPS) is 11.6. The van der Waals surface area contributed by atoms with Crippen LogP contribution in [0.3, 0.4) is 0 Å². The van der Waals surface area contributed by atoms with Crippen LogP contribution in [0.1, 0.15) is 17.4 Å². The molecule has 1 amide bonds. The van der Waals surface area contributed by atoms with Crippen LogP contribution in [-0.2, 0) is 4.79 Å². The summed E-state index contributed by atoms with van der Waals surface area (Å²) in [5.74, 6) is 1.12. The van der Waals surface area contributed by atoms with Crippen LogP contribution in [0.15, 0.2) is 108 Å². The molecule has 0 aliphatic rings. The molecular weight excluding hydrogens is 362 g/mol. The van der Waals surface area contributed by atoms with Gasteiger partial charge in [0.1, 0.15) is 17.6 Å². The molecule has 0 saturated carbocycles. The Hall–Kier alpha value is -3.79. The maximum absolute atomic E-state index is 12.7. The molecule has 0 radical (unpaired) electrons. The zero-order valence-electron chi connectivity index (χ0n) is 15.8. The van der Waals surface area contributed by atoms with Crippen LogP contribution in [0.4, 0.5) is 0 Å². The summed E-state index contributed by atoms with van der Waals surface area (Å²) < 4.78 is 11.4. The van der Waals surface area contributed by atoms with E-state index in [2.05, 4.69) is 5.32 Å². The number of ether oxygens (including phenoxy) is 1. The van der Waals surface area contributed by atoms with Crippen molar-refractivity contribution in [1.29, 1.82) is 0 Å². The Morgan fingerprint density at radius 2 is 1.52 bits per heavy atom. The maximum Gasteiger partial charge on any atom is 0.258 e. The van der Waals surface area contributed by atoms with E-state index in [9.17, 15) is 4.79 Å². The first kappa shape index (κ1) is 18.6. The third-order valence-corrected chi connectivity index (χ3v) is 4.60. The molecule has 4 aromatic rings. The van der Waals surface area contributed by atoms with Crippen molar-refractivity contribution in [3.8, 4) is 16.9 Å². The van der Waals surface area contributed by atoms with Crippen LogP contribution in [-0.4, -0.2) is 12.5 Å². The van der Waals surface area contributed by atoms with Crippen LogP contribution in [0, 0.1) is 0 Å². The fourth-order valence-electron chi connectivity index (χ4n) is 3.21. The van der Waals surface area contributed by atoms with E-state index in [0.717, 1.165) is 16.7 Å². The monoisotopic (exact) mass is 383 g/mol. The van der Waals surface area contributed by atoms with Gasteiger partial charge in [0.2, 0.25) is 0 Å². The molecule has 1 atom stereocenters. The summed E-state index contributed by atoms with van der Waals surface area (Å²) in [7, 11) is 0. The molecule has 0 spiro atoms. The Bertz CT molecular complexity index is 1040. The molecule has 1 aromatic heterocycles. The number of amides is 1. The number of nitrogens with one attached hydrogen (secondary N) is 1. The van der Waals surface area contributed by atoms with Gasteiger partial charge in [-0.3, -0.25) is 4.79 Å². The van der Waals surface area contributed by atoms with Crippen LogP contribution < -0.4 is 10.1 Å². The van der Waals surface area contributed by atoms with Crippen LogP contribution >= 0.6 is 0 Å². The standard InChI is InChI=1S/C25H21NO3/c27-24(26-25(23-16-9-17-28-23)20-12-5-2-6-13-20)18-29-22-15-8-7-14-21(22)19-10-3-1-4-11-19/h1-17,25H,18H2,(H,26,27)/t25-/m0/s1. The van der Waals surface area contributed by atoms with Crippen LogP contribution in [0.2, 0.25) is 0 Å². The van der Waals surface area contributed by atoms with Crippen molar-refractivity contribution in [1.82, 2.24) is 5.32 Å². The number of para-hydroxylation sites is 1. The van der Waals surface area contributed by atoms with Crippen LogP contribution in [0.25, 0.3) is 11.1 Å². The molecule has 0 unspecified atom stereocenters. The highest BCUT2D eigenvalue weighted by Gasteiger charge is 2.19. The van der Waals surface area contributed by atoms with Crippen molar-refractivity contribution >= 4 is 5.91 Å². The van der Waals surface area contributed by atoms with E-state index in [1.165, 1.54) is 0 Å². The van der Waals surface area contributed by atoms with E-state index in [0.29, 0.717) is 11.5 Å². The lowest BCUT2D eigenvalue weighted by Crippen LogP contribution is -2.33. The number of benzene rings is 3. The van der Waals surface area contributed by atoms with Gasteiger partial charge in [-0.1, -0.05) is 78.9 Å². The Kier molecular flexibility index (Phi) is 5.72. The van der Waals surface area contributed by atoms with Gasteiger partial charge in [0.15, 0.2) is 6.61 Å². The van der Waals surface area contributed by atoms with Gasteiger partial charge in [0, 0.05) is 5.56 Å². The van der Waals surface area contributed by atoms with Gasteiger partial charge in [-0.25, -0.2) is 0 Å². The zero-order valence-corrected chi connectivity index (χ0v) is 15.8. The predicted octanol–water partition coefficient (Wildman–Crippen LogP) is 5.23. The first-order valence-corrected chi connectivity index (χ1v) is 9.46. The second-order valence-electron chi connectivity index (χ2n) is 6.58. The molecule has 0 aliphatic heterocycles. The fraction of sp³-hybridized carbons (Fsp3) is 0.0800. The van der Waals surface area contributed by atoms with E-state index < -0.39 is 0 Å². The molecule has 1 heterocycles. The van der Waals surface area contributed by atoms with Gasteiger partial charge in [0.25, 0.3) is 5.91 Å². The minimum Gasteiger partial charge on any atom is -0.483 e. The number of rotatable bonds is 7. The quantitative estimate of drug-likeness (QED) is 0.475. The van der Waals surface area contributed by atoms with Gasteiger partial charge in [-0.2, -0.15) is 0 Å². The number of hydrogen-bond acceptors (Lipinski definition) is 3. The summed E-state index contributed by atoms with van der Waals surface area (Å²) >= 11 is 0. The molecule has 4 nitrogen and oxygen atoms in total. The molecular formula is C25H21NO3. The van der Waals surface area contributed by atoms with Crippen molar-refractivity contribution in [3.05, 3.63) is 115 Å².